The van der Waals surface area contributed by atoms with Gasteiger partial charge in [0.1, 0.15) is 0 Å². The Morgan fingerprint density at radius 1 is 1.53 bits per heavy atom. The lowest BCUT2D eigenvalue weighted by atomic mass is 10.2. The van der Waals surface area contributed by atoms with Gasteiger partial charge in [-0.3, -0.25) is 9.59 Å². The first kappa shape index (κ1) is 12.0. The lowest BCUT2D eigenvalue weighted by Gasteiger charge is -2.26. The number of carbonyl (C=O) groups excluding carboxylic acids is 2. The molecule has 0 bridgehead atoms. The molecule has 0 spiro atoms. The van der Waals surface area contributed by atoms with Gasteiger partial charge in [-0.2, -0.15) is 0 Å². The summed E-state index contributed by atoms with van der Waals surface area (Å²) in [5, 5.41) is 0. The first-order valence-corrected chi connectivity index (χ1v) is 5.35. The number of hydrogen-bond acceptors (Lipinski definition) is 3. The van der Waals surface area contributed by atoms with Crippen LogP contribution in [0.1, 0.15) is 20.3 Å². The molecular weight excluding hydrogens is 194 g/mol. The maximum atomic E-state index is 11.3. The molecule has 0 saturated carbocycles. The van der Waals surface area contributed by atoms with Crippen LogP contribution in [0.15, 0.2) is 0 Å². The third kappa shape index (κ3) is 2.68. The zero-order chi connectivity index (χ0) is 11.4. The molecule has 1 atom stereocenters. The predicted molar refractivity (Wildman–Crippen MR) is 57.1 cm³/mol. The fraction of sp³-hybridized carbons (Fsp3) is 0.800. The van der Waals surface area contributed by atoms with Crippen molar-refractivity contribution in [2.24, 2.45) is 5.73 Å². The summed E-state index contributed by atoms with van der Waals surface area (Å²) in [4.78, 5) is 26.2. The molecule has 0 aliphatic carbocycles. The molecule has 15 heavy (non-hydrogen) atoms. The predicted octanol–water partition coefficient (Wildman–Crippen LogP) is -0.586. The third-order valence-corrected chi connectivity index (χ3v) is 2.88. The minimum atomic E-state index is -0.0305. The summed E-state index contributed by atoms with van der Waals surface area (Å²) in [7, 11) is 0. The summed E-state index contributed by atoms with van der Waals surface area (Å²) in [6.07, 6.45) is 0.860. The SMILES string of the molecule is CCN(C(C)=O)[C@@H]1CCN(C(=O)CN)C1. The summed E-state index contributed by atoms with van der Waals surface area (Å²) < 4.78 is 0. The maximum absolute atomic E-state index is 11.3. The van der Waals surface area contributed by atoms with Crippen molar-refractivity contribution in [3.63, 3.8) is 0 Å². The number of nitrogens with zero attached hydrogens (tertiary/aromatic N) is 2. The van der Waals surface area contributed by atoms with Crippen LogP contribution in [-0.2, 0) is 9.59 Å². The monoisotopic (exact) mass is 213 g/mol. The van der Waals surface area contributed by atoms with Crippen LogP contribution in [0.4, 0.5) is 0 Å². The van der Waals surface area contributed by atoms with Crippen LogP contribution < -0.4 is 5.73 Å². The molecule has 1 saturated heterocycles. The molecule has 1 fully saturated rings. The molecule has 2 amide bonds. The molecule has 1 rings (SSSR count). The van der Waals surface area contributed by atoms with Gasteiger partial charge in [-0.25, -0.2) is 0 Å². The van der Waals surface area contributed by atoms with Gasteiger partial charge in [-0.15, -0.1) is 0 Å². The van der Waals surface area contributed by atoms with E-state index in [0.29, 0.717) is 19.6 Å². The maximum Gasteiger partial charge on any atom is 0.236 e. The summed E-state index contributed by atoms with van der Waals surface area (Å²) in [6, 6.07) is 0.169. The molecule has 5 nitrogen and oxygen atoms in total. The van der Waals surface area contributed by atoms with E-state index in [1.807, 2.05) is 11.8 Å². The summed E-state index contributed by atoms with van der Waals surface area (Å²) in [5.41, 5.74) is 5.29. The van der Waals surface area contributed by atoms with Crippen LogP contribution in [0.5, 0.6) is 0 Å². The smallest absolute Gasteiger partial charge is 0.236 e. The first-order chi connectivity index (χ1) is 7.10. The molecule has 0 aromatic rings. The average Bonchev–Trinajstić information content (AvgIpc) is 2.66. The normalized spacial score (nSPS) is 20.5. The van der Waals surface area contributed by atoms with Crippen LogP contribution in [-0.4, -0.2) is 53.8 Å². The quantitative estimate of drug-likeness (QED) is 0.681. The number of carbonyl (C=O) groups is 2. The minimum Gasteiger partial charge on any atom is -0.339 e. The zero-order valence-electron chi connectivity index (χ0n) is 9.40. The van der Waals surface area contributed by atoms with Gasteiger partial charge in [0.2, 0.25) is 11.8 Å². The molecule has 5 heteroatoms. The summed E-state index contributed by atoms with van der Waals surface area (Å²) >= 11 is 0. The average molecular weight is 213 g/mol. The fourth-order valence-electron chi connectivity index (χ4n) is 2.09. The van der Waals surface area contributed by atoms with E-state index in [2.05, 4.69) is 0 Å². The minimum absolute atomic E-state index is 0.0305. The van der Waals surface area contributed by atoms with Crippen LogP contribution in [0.3, 0.4) is 0 Å². The van der Waals surface area contributed by atoms with Crippen molar-refractivity contribution >= 4 is 11.8 Å². The Labute approximate surface area is 90.2 Å². The second-order valence-corrected chi connectivity index (χ2v) is 3.79. The highest BCUT2D eigenvalue weighted by molar-refractivity contribution is 5.78. The van der Waals surface area contributed by atoms with Crippen LogP contribution in [0.25, 0.3) is 0 Å². The standard InChI is InChI=1S/C10H19N3O2/c1-3-13(8(2)14)9-4-5-12(7-9)10(15)6-11/h9H,3-7,11H2,1-2H3/t9-/m1/s1. The molecular formula is C10H19N3O2. The Kier molecular flexibility index (Phi) is 4.08. The van der Waals surface area contributed by atoms with E-state index >= 15 is 0 Å². The van der Waals surface area contributed by atoms with Crippen molar-refractivity contribution in [2.75, 3.05) is 26.2 Å². The molecule has 0 radical (unpaired) electrons. The number of nitrogens with two attached hydrogens (primary N) is 1. The van der Waals surface area contributed by atoms with Gasteiger partial charge in [-0.1, -0.05) is 0 Å². The Bertz CT molecular complexity index is 255. The van der Waals surface area contributed by atoms with Crippen LogP contribution in [0, 0.1) is 0 Å². The molecule has 1 aliphatic rings. The lowest BCUT2D eigenvalue weighted by molar-refractivity contribution is -0.132. The lowest BCUT2D eigenvalue weighted by Crippen LogP contribution is -2.42. The molecule has 86 valence electrons. The van der Waals surface area contributed by atoms with E-state index < -0.39 is 0 Å². The van der Waals surface area contributed by atoms with Gasteiger partial charge >= 0.3 is 0 Å². The molecule has 1 aliphatic heterocycles. The van der Waals surface area contributed by atoms with Crippen molar-refractivity contribution < 1.29 is 9.59 Å². The zero-order valence-corrected chi connectivity index (χ0v) is 9.40. The van der Waals surface area contributed by atoms with Gasteiger partial charge in [0.25, 0.3) is 0 Å². The van der Waals surface area contributed by atoms with Crippen LogP contribution >= 0.6 is 0 Å². The third-order valence-electron chi connectivity index (χ3n) is 2.88. The molecule has 0 aromatic heterocycles. The van der Waals surface area contributed by atoms with Gasteiger partial charge in [0.05, 0.1) is 12.6 Å². The van der Waals surface area contributed by atoms with Crippen molar-refractivity contribution in [3.8, 4) is 0 Å². The van der Waals surface area contributed by atoms with Gasteiger partial charge in [-0.05, 0) is 13.3 Å². The fourth-order valence-corrected chi connectivity index (χ4v) is 2.09. The molecule has 0 aromatic carbocycles. The highest BCUT2D eigenvalue weighted by Gasteiger charge is 2.30. The van der Waals surface area contributed by atoms with Gasteiger partial charge in [0.15, 0.2) is 0 Å². The number of likely N-dealkylation sites (tertiary alicyclic amines) is 1. The van der Waals surface area contributed by atoms with E-state index in [-0.39, 0.29) is 24.4 Å². The van der Waals surface area contributed by atoms with Gasteiger partial charge < -0.3 is 15.5 Å². The number of rotatable bonds is 3. The molecule has 0 unspecified atom stereocenters. The van der Waals surface area contributed by atoms with Crippen molar-refractivity contribution in [1.82, 2.24) is 9.80 Å². The number of likely N-dealkylation sites (N-methyl/N-ethyl adjacent to an activating group) is 1. The number of hydrogen-bond donors (Lipinski definition) is 1. The Morgan fingerprint density at radius 2 is 2.20 bits per heavy atom. The first-order valence-electron chi connectivity index (χ1n) is 5.35. The Morgan fingerprint density at radius 3 is 2.67 bits per heavy atom. The van der Waals surface area contributed by atoms with E-state index in [1.165, 1.54) is 0 Å². The van der Waals surface area contributed by atoms with Crippen LogP contribution in [0.2, 0.25) is 0 Å². The topological polar surface area (TPSA) is 66.6 Å². The van der Waals surface area contributed by atoms with Crippen molar-refractivity contribution in [3.05, 3.63) is 0 Å². The molecule has 1 heterocycles. The highest BCUT2D eigenvalue weighted by Crippen LogP contribution is 2.15. The molecule has 2 N–H and O–H groups in total. The Balaban J connectivity index is 2.54. The summed E-state index contributed by atoms with van der Waals surface area (Å²) in [6.45, 7) is 5.61. The van der Waals surface area contributed by atoms with Gasteiger partial charge in [0, 0.05) is 26.6 Å². The van der Waals surface area contributed by atoms with Crippen molar-refractivity contribution in [1.29, 1.82) is 0 Å². The van der Waals surface area contributed by atoms with Crippen molar-refractivity contribution in [2.45, 2.75) is 26.3 Å². The number of amides is 2. The second-order valence-electron chi connectivity index (χ2n) is 3.79. The summed E-state index contributed by atoms with van der Waals surface area (Å²) in [5.74, 6) is 0.0432. The second kappa shape index (κ2) is 5.11. The van der Waals surface area contributed by atoms with E-state index in [4.69, 9.17) is 5.73 Å². The largest absolute Gasteiger partial charge is 0.339 e. The van der Waals surface area contributed by atoms with E-state index in [0.717, 1.165) is 6.42 Å². The van der Waals surface area contributed by atoms with E-state index in [9.17, 15) is 9.59 Å². The Hall–Kier alpha value is -1.10. The highest BCUT2D eigenvalue weighted by atomic mass is 16.2. The van der Waals surface area contributed by atoms with E-state index in [1.54, 1.807) is 11.8 Å².